The summed E-state index contributed by atoms with van der Waals surface area (Å²) >= 11 is 0. The molecule has 112 valence electrons. The van der Waals surface area contributed by atoms with E-state index in [1.165, 1.54) is 12.8 Å². The molecule has 0 atom stereocenters. The first-order chi connectivity index (χ1) is 10.8. The van der Waals surface area contributed by atoms with Gasteiger partial charge in [0.1, 0.15) is 11.3 Å². The smallest absolute Gasteiger partial charge is 0.376 e. The SMILES string of the molecule is CCOC(=O)c1oc2ccccc2c1-n1cnc(C2CC2)c1. The van der Waals surface area contributed by atoms with E-state index in [4.69, 9.17) is 9.15 Å². The molecule has 0 saturated heterocycles. The second kappa shape index (κ2) is 5.02. The van der Waals surface area contributed by atoms with Gasteiger partial charge >= 0.3 is 5.97 Å². The van der Waals surface area contributed by atoms with Crippen LogP contribution in [0.2, 0.25) is 0 Å². The number of carbonyl (C=O) groups excluding carboxylic acids is 1. The molecule has 5 heteroatoms. The summed E-state index contributed by atoms with van der Waals surface area (Å²) in [5.74, 6) is 0.337. The van der Waals surface area contributed by atoms with Gasteiger partial charge in [0.2, 0.25) is 5.76 Å². The average molecular weight is 296 g/mol. The highest BCUT2D eigenvalue weighted by atomic mass is 16.5. The van der Waals surface area contributed by atoms with Crippen molar-refractivity contribution in [3.63, 3.8) is 0 Å². The topological polar surface area (TPSA) is 57.3 Å². The first-order valence-electron chi connectivity index (χ1n) is 7.51. The van der Waals surface area contributed by atoms with Crippen molar-refractivity contribution in [2.75, 3.05) is 6.61 Å². The predicted octanol–water partition coefficient (Wildman–Crippen LogP) is 3.67. The van der Waals surface area contributed by atoms with E-state index in [0.29, 0.717) is 23.8 Å². The van der Waals surface area contributed by atoms with Crippen LogP contribution in [-0.4, -0.2) is 22.1 Å². The van der Waals surface area contributed by atoms with E-state index < -0.39 is 5.97 Å². The summed E-state index contributed by atoms with van der Waals surface area (Å²) in [5.41, 5.74) is 2.44. The number of rotatable bonds is 4. The summed E-state index contributed by atoms with van der Waals surface area (Å²) in [5, 5.41) is 0.880. The number of para-hydroxylation sites is 1. The normalized spacial score (nSPS) is 14.4. The molecule has 0 N–H and O–H groups in total. The van der Waals surface area contributed by atoms with Gasteiger partial charge < -0.3 is 13.7 Å². The molecule has 0 aliphatic heterocycles. The van der Waals surface area contributed by atoms with Crippen molar-refractivity contribution in [3.8, 4) is 5.69 Å². The Morgan fingerprint density at radius 1 is 1.41 bits per heavy atom. The lowest BCUT2D eigenvalue weighted by atomic mass is 10.2. The van der Waals surface area contributed by atoms with Gasteiger partial charge in [-0.15, -0.1) is 0 Å². The molecular formula is C17H16N2O3. The number of nitrogens with zero attached hydrogens (tertiary/aromatic N) is 2. The molecule has 0 radical (unpaired) electrons. The summed E-state index contributed by atoms with van der Waals surface area (Å²) in [6.45, 7) is 2.09. The highest BCUT2D eigenvalue weighted by molar-refractivity contribution is 6.00. The molecule has 3 aromatic rings. The molecule has 1 aliphatic carbocycles. The van der Waals surface area contributed by atoms with Crippen LogP contribution in [0.25, 0.3) is 16.7 Å². The Kier molecular flexibility index (Phi) is 2.99. The quantitative estimate of drug-likeness (QED) is 0.689. The first kappa shape index (κ1) is 13.1. The minimum absolute atomic E-state index is 0.225. The zero-order valence-corrected chi connectivity index (χ0v) is 12.3. The van der Waals surface area contributed by atoms with Gasteiger partial charge in [-0.2, -0.15) is 0 Å². The maximum Gasteiger partial charge on any atom is 0.376 e. The molecular weight excluding hydrogens is 280 g/mol. The monoisotopic (exact) mass is 296 g/mol. The van der Waals surface area contributed by atoms with Crippen LogP contribution in [0.1, 0.15) is 41.9 Å². The zero-order chi connectivity index (χ0) is 15.1. The van der Waals surface area contributed by atoms with Gasteiger partial charge in [0, 0.05) is 17.5 Å². The first-order valence-corrected chi connectivity index (χ1v) is 7.51. The van der Waals surface area contributed by atoms with Crippen molar-refractivity contribution < 1.29 is 13.9 Å². The van der Waals surface area contributed by atoms with Crippen molar-refractivity contribution in [3.05, 3.63) is 48.2 Å². The number of esters is 1. The van der Waals surface area contributed by atoms with Gasteiger partial charge in [0.15, 0.2) is 0 Å². The van der Waals surface area contributed by atoms with Crippen LogP contribution in [0.15, 0.2) is 41.2 Å². The fourth-order valence-corrected chi connectivity index (χ4v) is 2.67. The molecule has 0 spiro atoms. The molecule has 1 fully saturated rings. The summed E-state index contributed by atoms with van der Waals surface area (Å²) < 4.78 is 12.7. The summed E-state index contributed by atoms with van der Waals surface area (Å²) in [6.07, 6.45) is 6.10. The fourth-order valence-electron chi connectivity index (χ4n) is 2.67. The van der Waals surface area contributed by atoms with Gasteiger partial charge in [-0.25, -0.2) is 9.78 Å². The van der Waals surface area contributed by atoms with Crippen LogP contribution >= 0.6 is 0 Å². The minimum Gasteiger partial charge on any atom is -0.460 e. The molecule has 0 bridgehead atoms. The van der Waals surface area contributed by atoms with Crippen molar-refractivity contribution in [1.29, 1.82) is 0 Å². The predicted molar refractivity (Wildman–Crippen MR) is 81.3 cm³/mol. The van der Waals surface area contributed by atoms with Crippen LogP contribution in [0.4, 0.5) is 0 Å². The molecule has 1 aliphatic rings. The number of furan rings is 1. The Morgan fingerprint density at radius 3 is 3.00 bits per heavy atom. The number of hydrogen-bond donors (Lipinski definition) is 0. The Morgan fingerprint density at radius 2 is 2.23 bits per heavy atom. The standard InChI is InChI=1S/C17H16N2O3/c1-2-21-17(20)16-15(12-5-3-4-6-14(12)22-16)19-9-13(18-10-19)11-7-8-11/h3-6,9-11H,2,7-8H2,1H3. The van der Waals surface area contributed by atoms with Gasteiger partial charge in [-0.3, -0.25) is 0 Å². The van der Waals surface area contributed by atoms with E-state index in [1.807, 2.05) is 35.0 Å². The molecule has 4 rings (SSSR count). The lowest BCUT2D eigenvalue weighted by Gasteiger charge is -2.03. The molecule has 1 saturated carbocycles. The maximum absolute atomic E-state index is 12.2. The van der Waals surface area contributed by atoms with Crippen LogP contribution < -0.4 is 0 Å². The Labute approximate surface area is 127 Å². The van der Waals surface area contributed by atoms with Crippen LogP contribution in [-0.2, 0) is 4.74 Å². The molecule has 2 aromatic heterocycles. The number of ether oxygens (including phenoxy) is 1. The van der Waals surface area contributed by atoms with Gasteiger partial charge in [-0.05, 0) is 31.9 Å². The van der Waals surface area contributed by atoms with Crippen LogP contribution in [0.3, 0.4) is 0 Å². The van der Waals surface area contributed by atoms with Crippen molar-refractivity contribution in [2.24, 2.45) is 0 Å². The lowest BCUT2D eigenvalue weighted by Crippen LogP contribution is -2.07. The number of benzene rings is 1. The van der Waals surface area contributed by atoms with E-state index >= 15 is 0 Å². The minimum atomic E-state index is -0.449. The van der Waals surface area contributed by atoms with Gasteiger partial charge in [-0.1, -0.05) is 12.1 Å². The van der Waals surface area contributed by atoms with Crippen molar-refractivity contribution >= 4 is 16.9 Å². The number of aromatic nitrogens is 2. The number of fused-ring (bicyclic) bond motifs is 1. The highest BCUT2D eigenvalue weighted by Gasteiger charge is 2.28. The maximum atomic E-state index is 12.2. The third kappa shape index (κ3) is 2.09. The lowest BCUT2D eigenvalue weighted by molar-refractivity contribution is 0.0492. The zero-order valence-electron chi connectivity index (χ0n) is 12.3. The number of hydrogen-bond acceptors (Lipinski definition) is 4. The van der Waals surface area contributed by atoms with Crippen molar-refractivity contribution in [1.82, 2.24) is 9.55 Å². The average Bonchev–Trinajstić information content (AvgIpc) is 3.13. The van der Waals surface area contributed by atoms with Crippen LogP contribution in [0.5, 0.6) is 0 Å². The molecule has 0 amide bonds. The second-order valence-corrected chi connectivity index (χ2v) is 5.48. The Bertz CT molecular complexity index is 843. The molecule has 5 nitrogen and oxygen atoms in total. The Hall–Kier alpha value is -2.56. The molecule has 2 heterocycles. The van der Waals surface area contributed by atoms with E-state index in [2.05, 4.69) is 4.98 Å². The summed E-state index contributed by atoms with van der Waals surface area (Å²) in [6, 6.07) is 7.59. The van der Waals surface area contributed by atoms with Crippen molar-refractivity contribution in [2.45, 2.75) is 25.7 Å². The second-order valence-electron chi connectivity index (χ2n) is 5.48. The summed E-state index contributed by atoms with van der Waals surface area (Å²) in [4.78, 5) is 16.7. The molecule has 0 unspecified atom stereocenters. The van der Waals surface area contributed by atoms with Gasteiger partial charge in [0.05, 0.1) is 18.6 Å². The number of carbonyl (C=O) groups is 1. The third-order valence-corrected chi connectivity index (χ3v) is 3.89. The molecule has 22 heavy (non-hydrogen) atoms. The largest absolute Gasteiger partial charge is 0.460 e. The van der Waals surface area contributed by atoms with Gasteiger partial charge in [0.25, 0.3) is 0 Å². The van der Waals surface area contributed by atoms with E-state index in [-0.39, 0.29) is 5.76 Å². The number of imidazole rings is 1. The highest BCUT2D eigenvalue weighted by Crippen LogP contribution is 2.39. The molecule has 1 aromatic carbocycles. The third-order valence-electron chi connectivity index (χ3n) is 3.89. The van der Waals surface area contributed by atoms with E-state index in [9.17, 15) is 4.79 Å². The van der Waals surface area contributed by atoms with E-state index in [0.717, 1.165) is 11.1 Å². The van der Waals surface area contributed by atoms with E-state index in [1.54, 1.807) is 13.3 Å². The Balaban J connectivity index is 1.88. The fraction of sp³-hybridized carbons (Fsp3) is 0.294. The summed E-state index contributed by atoms with van der Waals surface area (Å²) in [7, 11) is 0. The van der Waals surface area contributed by atoms with Crippen LogP contribution in [0, 0.1) is 0 Å².